The minimum Gasteiger partial charge on any atom is -0.455 e. The molecule has 5 fully saturated rings. The number of piperidine rings is 1. The van der Waals surface area contributed by atoms with Crippen molar-refractivity contribution >= 4 is 53.9 Å². The molecule has 1 spiro atoms. The van der Waals surface area contributed by atoms with E-state index in [-0.39, 0.29) is 34.5 Å². The first-order chi connectivity index (χ1) is 32.0. The zero-order valence-electron chi connectivity index (χ0n) is 37.5. The second kappa shape index (κ2) is 17.5. The molecule has 2 saturated heterocycles. The van der Waals surface area contributed by atoms with Crippen molar-refractivity contribution < 1.29 is 32.2 Å². The fourth-order valence-corrected chi connectivity index (χ4v) is 13.4. The van der Waals surface area contributed by atoms with Gasteiger partial charge in [0, 0.05) is 83.1 Å². The highest BCUT2D eigenvalue weighted by Crippen LogP contribution is 2.54. The molecule has 2 aliphatic heterocycles. The number of benzene rings is 2. The number of pyridine rings is 2. The summed E-state index contributed by atoms with van der Waals surface area (Å²) in [5, 5.41) is 26.2. The number of rotatable bonds is 13. The molecular weight excluding hydrogens is 895 g/mol. The number of sulfonamides is 1. The zero-order chi connectivity index (χ0) is 46.7. The van der Waals surface area contributed by atoms with Gasteiger partial charge in [0.15, 0.2) is 0 Å². The summed E-state index contributed by atoms with van der Waals surface area (Å²) >= 11 is 0. The third-order valence-electron chi connectivity index (χ3n) is 15.0. The molecular formula is C48H57N9O8S2. The molecule has 0 bridgehead atoms. The molecule has 5 aliphatic rings. The largest absolute Gasteiger partial charge is 0.455 e. The van der Waals surface area contributed by atoms with Crippen LogP contribution < -0.4 is 19.7 Å². The number of aliphatic hydroxyl groups is 1. The minimum absolute atomic E-state index is 0.00842. The lowest BCUT2D eigenvalue weighted by atomic mass is 9.59. The Morgan fingerprint density at radius 1 is 1.00 bits per heavy atom. The second-order valence-corrected chi connectivity index (χ2v) is 23.9. The van der Waals surface area contributed by atoms with Gasteiger partial charge in [-0.25, -0.2) is 27.3 Å². The summed E-state index contributed by atoms with van der Waals surface area (Å²) < 4.78 is 57.7. The van der Waals surface area contributed by atoms with Crippen LogP contribution in [0.15, 0.2) is 84.1 Å². The lowest BCUT2D eigenvalue weighted by Gasteiger charge is -2.57. The first-order valence-electron chi connectivity index (χ1n) is 23.3. The van der Waals surface area contributed by atoms with Crippen molar-refractivity contribution in [1.29, 1.82) is 4.78 Å². The highest BCUT2D eigenvalue weighted by Gasteiger charge is 2.50. The van der Waals surface area contributed by atoms with E-state index in [4.69, 9.17) is 9.52 Å². The maximum absolute atomic E-state index is 14.0. The fourth-order valence-electron chi connectivity index (χ4n) is 10.9. The van der Waals surface area contributed by atoms with Crippen LogP contribution in [-0.4, -0.2) is 97.7 Å². The van der Waals surface area contributed by atoms with E-state index in [0.717, 1.165) is 75.0 Å². The van der Waals surface area contributed by atoms with E-state index in [2.05, 4.69) is 59.1 Å². The smallest absolute Gasteiger partial charge is 0.312 e. The van der Waals surface area contributed by atoms with Crippen LogP contribution in [0.25, 0.3) is 11.0 Å². The van der Waals surface area contributed by atoms with Crippen LogP contribution in [0.3, 0.4) is 0 Å². The number of nitrogens with zero attached hydrogens (tertiary/aromatic N) is 5. The van der Waals surface area contributed by atoms with Crippen LogP contribution in [0.5, 0.6) is 11.5 Å². The number of nitro groups is 1. The van der Waals surface area contributed by atoms with E-state index in [1.165, 1.54) is 36.2 Å². The molecule has 3 aromatic heterocycles. The summed E-state index contributed by atoms with van der Waals surface area (Å²) in [4.78, 5) is 41.2. The predicted octanol–water partition coefficient (Wildman–Crippen LogP) is 7.86. The summed E-state index contributed by atoms with van der Waals surface area (Å²) in [6.07, 6.45) is 13.3. The molecule has 2 atom stereocenters. The molecule has 0 radical (unpaired) electrons. The lowest BCUT2D eigenvalue weighted by Crippen LogP contribution is -2.58. The van der Waals surface area contributed by atoms with Crippen molar-refractivity contribution in [3.8, 4) is 11.5 Å². The van der Waals surface area contributed by atoms with Crippen molar-refractivity contribution in [1.82, 2.24) is 24.6 Å². The summed E-state index contributed by atoms with van der Waals surface area (Å²) in [7, 11) is -7.30. The molecule has 3 aliphatic carbocycles. The second-order valence-electron chi connectivity index (χ2n) is 19.8. The molecule has 5 heterocycles. The number of anilines is 2. The molecule has 3 saturated carbocycles. The van der Waals surface area contributed by atoms with E-state index >= 15 is 0 Å². The van der Waals surface area contributed by atoms with Gasteiger partial charge in [0.25, 0.3) is 15.9 Å². The Kier molecular flexibility index (Phi) is 11.8. The Morgan fingerprint density at radius 2 is 1.75 bits per heavy atom. The fraction of sp³-hybridized carbons (Fsp3) is 0.479. The molecule has 5 N–H and O–H groups in total. The normalized spacial score (nSPS) is 25.7. The zero-order valence-corrected chi connectivity index (χ0v) is 39.1. The number of carbonyl (C=O) groups excluding carboxylic acids is 1. The molecule has 10 rings (SSSR count). The summed E-state index contributed by atoms with van der Waals surface area (Å²) in [6, 6.07) is 18.5. The Labute approximate surface area is 390 Å². The molecule has 67 heavy (non-hydrogen) atoms. The average Bonchev–Trinajstić information content (AvgIpc) is 4.04. The van der Waals surface area contributed by atoms with Gasteiger partial charge >= 0.3 is 5.69 Å². The maximum Gasteiger partial charge on any atom is 0.312 e. The van der Waals surface area contributed by atoms with Crippen molar-refractivity contribution in [2.45, 2.75) is 99.6 Å². The number of aromatic nitrogens is 3. The highest BCUT2D eigenvalue weighted by atomic mass is 32.2. The van der Waals surface area contributed by atoms with Gasteiger partial charge in [-0.3, -0.25) is 24.6 Å². The van der Waals surface area contributed by atoms with Crippen LogP contribution in [0.4, 0.5) is 17.2 Å². The third kappa shape index (κ3) is 9.60. The topological polar surface area (TPSA) is 237 Å². The lowest BCUT2D eigenvalue weighted by molar-refractivity contribution is -0.384. The van der Waals surface area contributed by atoms with Crippen molar-refractivity contribution in [2.24, 2.45) is 11.3 Å². The van der Waals surface area contributed by atoms with E-state index in [1.54, 1.807) is 31.3 Å². The molecule has 5 aromatic rings. The average molecular weight is 952 g/mol. The number of hydrogen-bond acceptors (Lipinski definition) is 14. The Bertz CT molecular complexity index is 2930. The van der Waals surface area contributed by atoms with Crippen LogP contribution in [0, 0.1) is 26.2 Å². The number of fused-ring (bicyclic) bond motifs is 1. The Morgan fingerprint density at radius 3 is 2.48 bits per heavy atom. The van der Waals surface area contributed by atoms with Crippen LogP contribution in [0.1, 0.15) is 105 Å². The van der Waals surface area contributed by atoms with E-state index in [1.807, 2.05) is 6.07 Å². The quantitative estimate of drug-likeness (QED) is 0.0559. The number of carbonyl (C=O) groups is 1. The third-order valence-corrected chi connectivity index (χ3v) is 18.0. The van der Waals surface area contributed by atoms with Gasteiger partial charge in [0.1, 0.15) is 22.0 Å². The summed E-state index contributed by atoms with van der Waals surface area (Å²) in [5.41, 5.74) is 2.88. The predicted molar refractivity (Wildman–Crippen MR) is 255 cm³/mol. The first kappa shape index (κ1) is 45.2. The van der Waals surface area contributed by atoms with Gasteiger partial charge in [-0.1, -0.05) is 24.3 Å². The van der Waals surface area contributed by atoms with Gasteiger partial charge < -0.3 is 25.0 Å². The number of ether oxygens (including phenoxy) is 1. The minimum atomic E-state index is -4.65. The number of hydrogen-bond donors (Lipinski definition) is 5. The van der Waals surface area contributed by atoms with E-state index in [9.17, 15) is 32.6 Å². The molecule has 354 valence electrons. The monoisotopic (exact) mass is 951 g/mol. The van der Waals surface area contributed by atoms with Crippen LogP contribution in [-0.2, 0) is 19.8 Å². The molecule has 1 unspecified atom stereocenters. The Hall–Kier alpha value is -5.63. The maximum atomic E-state index is 14.0. The molecule has 1 amide bonds. The number of nitrogens with one attached hydrogen (secondary N) is 4. The SMILES string of the molecule is CC1(O)CCC(CNc2ncc(S(=O)(=O)NC(=O)c3ccc(N4CCC5(CC4)CC(N4CCS(=N)(=O)C[C@@H]4c4ccccc4C4CC4)C5)cc3Oc3cnc4[nH]ccc4c3)cc2[N+](=O)[O-])CC1. The van der Waals surface area contributed by atoms with Gasteiger partial charge in [-0.05, 0) is 124 Å². The summed E-state index contributed by atoms with van der Waals surface area (Å²) in [5.74, 6) is 0.860. The molecule has 17 nitrogen and oxygen atoms in total. The van der Waals surface area contributed by atoms with Gasteiger partial charge in [0.05, 0.1) is 34.2 Å². The van der Waals surface area contributed by atoms with Crippen molar-refractivity contribution in [3.63, 3.8) is 0 Å². The van der Waals surface area contributed by atoms with Crippen molar-refractivity contribution in [3.05, 3.63) is 106 Å². The van der Waals surface area contributed by atoms with Crippen LogP contribution >= 0.6 is 0 Å². The standard InChI is InChI=1S/C48H57N9O8S2/c1-47(59)13-10-31(11-14-47)27-51-45-41(57(60)61)24-37(29-53-45)67(63,64)54-46(58)40-9-8-34(23-43(40)65-36-22-33-12-17-50-44(33)52-28-36)55-18-15-48(16-19-55)25-35(26-48)56-20-21-66(49,62)30-42(56)39-5-3-2-4-38(39)32-6-7-32/h2-5,8-9,12,17,22-24,28-29,31-32,35,42,49,59H,6-7,10-11,13-16,18-21,25-27,30H2,1H3,(H,50,52)(H,51,53)(H,54,58)/t31?,42-,47?,66?/m1/s1. The van der Waals surface area contributed by atoms with E-state index in [0.29, 0.717) is 60.8 Å². The first-order valence-corrected chi connectivity index (χ1v) is 26.7. The number of H-pyrrole nitrogens is 1. The van der Waals surface area contributed by atoms with Gasteiger partial charge in [0.2, 0.25) is 5.82 Å². The van der Waals surface area contributed by atoms with E-state index < -0.39 is 46.8 Å². The summed E-state index contributed by atoms with van der Waals surface area (Å²) in [6.45, 7) is 4.35. The molecule has 19 heteroatoms. The highest BCUT2D eigenvalue weighted by molar-refractivity contribution is 7.92. The number of amides is 1. The van der Waals surface area contributed by atoms with Gasteiger partial charge in [-0.15, -0.1) is 0 Å². The molecule has 2 aromatic carbocycles. The Balaban J connectivity index is 0.840. The van der Waals surface area contributed by atoms with Gasteiger partial charge in [-0.2, -0.15) is 0 Å². The van der Waals surface area contributed by atoms with Crippen molar-refractivity contribution in [2.75, 3.05) is 47.9 Å². The van der Waals surface area contributed by atoms with Crippen LogP contribution in [0.2, 0.25) is 0 Å². The number of aromatic amines is 1.